The number of hydrogen-bond acceptors (Lipinski definition) is 4. The molecule has 0 radical (unpaired) electrons. The second-order valence-electron chi connectivity index (χ2n) is 5.28. The van der Waals surface area contributed by atoms with Gasteiger partial charge < -0.3 is 15.2 Å². The van der Waals surface area contributed by atoms with Crippen LogP contribution in [-0.4, -0.2) is 29.1 Å². The van der Waals surface area contributed by atoms with Crippen molar-refractivity contribution >= 4 is 35.1 Å². The average Bonchev–Trinajstić information content (AvgIpc) is 2.47. The van der Waals surface area contributed by atoms with Gasteiger partial charge in [0.05, 0.1) is 22.4 Å². The molecule has 1 rings (SSSR count). The number of halogens is 2. The van der Waals surface area contributed by atoms with Gasteiger partial charge in [0.2, 0.25) is 0 Å². The number of carbonyl (C=O) groups excluding carboxylic acids is 2. The highest BCUT2D eigenvalue weighted by Gasteiger charge is 2.20. The minimum Gasteiger partial charge on any atom is -0.478 e. The van der Waals surface area contributed by atoms with Gasteiger partial charge in [0.15, 0.2) is 0 Å². The summed E-state index contributed by atoms with van der Waals surface area (Å²) in [5, 5.41) is 10.9. The first-order valence-corrected chi connectivity index (χ1v) is 7.34. The summed E-state index contributed by atoms with van der Waals surface area (Å²) in [4.78, 5) is 34.8. The van der Waals surface area contributed by atoms with Crippen LogP contribution in [-0.2, 0) is 14.3 Å². The van der Waals surface area contributed by atoms with E-state index in [0.29, 0.717) is 0 Å². The highest BCUT2D eigenvalue weighted by atomic mass is 35.5. The lowest BCUT2D eigenvalue weighted by molar-refractivity contribution is -0.133. The molecule has 0 atom stereocenters. The minimum absolute atomic E-state index is 0.0943. The maximum absolute atomic E-state index is 14.0. The van der Waals surface area contributed by atoms with Gasteiger partial charge in [0, 0.05) is 11.1 Å². The number of hydrogen-bond donors (Lipinski definition) is 2. The number of rotatable bonds is 5. The van der Waals surface area contributed by atoms with Crippen molar-refractivity contribution in [3.63, 3.8) is 0 Å². The van der Waals surface area contributed by atoms with E-state index in [4.69, 9.17) is 21.4 Å². The molecule has 130 valence electrons. The predicted molar refractivity (Wildman–Crippen MR) is 86.6 cm³/mol. The van der Waals surface area contributed by atoms with Gasteiger partial charge in [-0.25, -0.2) is 14.0 Å². The van der Waals surface area contributed by atoms with Crippen molar-refractivity contribution < 1.29 is 28.6 Å². The van der Waals surface area contributed by atoms with E-state index in [1.165, 1.54) is 13.8 Å². The summed E-state index contributed by atoms with van der Waals surface area (Å²) < 4.78 is 18.9. The Labute approximate surface area is 143 Å². The Hall–Kier alpha value is -2.41. The van der Waals surface area contributed by atoms with E-state index >= 15 is 0 Å². The molecule has 1 aromatic carbocycles. The molecular formula is C16H17ClFNO5. The maximum atomic E-state index is 14.0. The number of esters is 1. The van der Waals surface area contributed by atoms with Crippen LogP contribution in [0, 0.1) is 5.82 Å². The fourth-order valence-electron chi connectivity index (χ4n) is 1.63. The molecule has 24 heavy (non-hydrogen) atoms. The third-order valence-corrected chi connectivity index (χ3v) is 3.40. The lowest BCUT2D eigenvalue weighted by Crippen LogP contribution is -2.18. The van der Waals surface area contributed by atoms with Crippen molar-refractivity contribution in [3.8, 4) is 0 Å². The molecule has 0 aliphatic heterocycles. The molecule has 1 amide bonds. The SMILES string of the molecule is CC(C(=O)O)=C(C)C(=O)Nc1cc(C(=O)OC(C)C)c(Cl)cc1F. The fourth-order valence-corrected chi connectivity index (χ4v) is 1.85. The van der Waals surface area contributed by atoms with Gasteiger partial charge in [0.1, 0.15) is 5.82 Å². The van der Waals surface area contributed by atoms with Crippen molar-refractivity contribution in [2.45, 2.75) is 33.8 Å². The van der Waals surface area contributed by atoms with E-state index in [-0.39, 0.29) is 27.4 Å². The highest BCUT2D eigenvalue weighted by Crippen LogP contribution is 2.26. The van der Waals surface area contributed by atoms with Crippen LogP contribution < -0.4 is 5.32 Å². The average molecular weight is 358 g/mol. The van der Waals surface area contributed by atoms with Crippen molar-refractivity contribution in [2.24, 2.45) is 0 Å². The van der Waals surface area contributed by atoms with Gasteiger partial charge in [-0.3, -0.25) is 4.79 Å². The number of amides is 1. The van der Waals surface area contributed by atoms with Crippen molar-refractivity contribution in [3.05, 3.63) is 39.7 Å². The minimum atomic E-state index is -1.26. The van der Waals surface area contributed by atoms with Gasteiger partial charge in [-0.2, -0.15) is 0 Å². The normalized spacial score (nSPS) is 11.8. The Morgan fingerprint density at radius 2 is 1.79 bits per heavy atom. The lowest BCUT2D eigenvalue weighted by atomic mass is 10.1. The van der Waals surface area contributed by atoms with Crippen LogP contribution in [0.1, 0.15) is 38.1 Å². The molecule has 0 bridgehead atoms. The monoisotopic (exact) mass is 357 g/mol. The molecular weight excluding hydrogens is 341 g/mol. The van der Waals surface area contributed by atoms with Crippen LogP contribution in [0.3, 0.4) is 0 Å². The molecule has 0 aliphatic carbocycles. The van der Waals surface area contributed by atoms with Gasteiger partial charge in [-0.05, 0) is 39.8 Å². The van der Waals surface area contributed by atoms with Crippen LogP contribution >= 0.6 is 11.6 Å². The molecule has 0 fully saturated rings. The van der Waals surface area contributed by atoms with Crippen LogP contribution in [0.15, 0.2) is 23.3 Å². The molecule has 1 aromatic rings. The van der Waals surface area contributed by atoms with Crippen LogP contribution in [0.2, 0.25) is 5.02 Å². The number of carboxylic acids is 1. The molecule has 8 heteroatoms. The zero-order chi connectivity index (χ0) is 18.6. The molecule has 0 unspecified atom stereocenters. The summed E-state index contributed by atoms with van der Waals surface area (Å²) in [6.07, 6.45) is -0.403. The first-order chi connectivity index (χ1) is 11.0. The standard InChI is InChI=1S/C16H17ClFNO5/c1-7(2)24-16(23)10-5-13(12(18)6-11(10)17)19-14(20)8(3)9(4)15(21)22/h5-7H,1-4H3,(H,19,20)(H,21,22). The number of carboxylic acid groups (broad SMARTS) is 1. The second-order valence-corrected chi connectivity index (χ2v) is 5.68. The van der Waals surface area contributed by atoms with E-state index in [1.54, 1.807) is 13.8 Å². The van der Waals surface area contributed by atoms with Gasteiger partial charge in [-0.1, -0.05) is 11.6 Å². The maximum Gasteiger partial charge on any atom is 0.339 e. The fraction of sp³-hybridized carbons (Fsp3) is 0.312. The summed E-state index contributed by atoms with van der Waals surface area (Å²) in [6.45, 7) is 5.82. The largest absolute Gasteiger partial charge is 0.478 e. The van der Waals surface area contributed by atoms with E-state index in [2.05, 4.69) is 5.32 Å². The third-order valence-electron chi connectivity index (χ3n) is 3.09. The zero-order valence-electron chi connectivity index (χ0n) is 13.6. The molecule has 6 nitrogen and oxygen atoms in total. The molecule has 0 heterocycles. The smallest absolute Gasteiger partial charge is 0.339 e. The van der Waals surface area contributed by atoms with E-state index in [9.17, 15) is 18.8 Å². The van der Waals surface area contributed by atoms with Crippen LogP contribution in [0.4, 0.5) is 10.1 Å². The number of benzene rings is 1. The van der Waals surface area contributed by atoms with E-state index < -0.39 is 29.8 Å². The Morgan fingerprint density at radius 3 is 2.29 bits per heavy atom. The molecule has 0 saturated heterocycles. The molecule has 0 saturated carbocycles. The Bertz CT molecular complexity index is 727. The quantitative estimate of drug-likeness (QED) is 0.622. The number of aliphatic carboxylic acids is 1. The van der Waals surface area contributed by atoms with Crippen molar-refractivity contribution in [1.29, 1.82) is 0 Å². The Balaban J connectivity index is 3.17. The summed E-state index contributed by atoms with van der Waals surface area (Å²) >= 11 is 5.83. The van der Waals surface area contributed by atoms with E-state index in [1.807, 2.05) is 0 Å². The summed E-state index contributed by atoms with van der Waals surface area (Å²) in [6, 6.07) is 1.92. The zero-order valence-corrected chi connectivity index (χ0v) is 14.3. The number of carbonyl (C=O) groups is 3. The van der Waals surface area contributed by atoms with E-state index in [0.717, 1.165) is 12.1 Å². The molecule has 0 aromatic heterocycles. The summed E-state index contributed by atoms with van der Waals surface area (Å²) in [5.74, 6) is -3.70. The second kappa shape index (κ2) is 7.92. The van der Waals surface area contributed by atoms with Crippen molar-refractivity contribution in [1.82, 2.24) is 0 Å². The highest BCUT2D eigenvalue weighted by molar-refractivity contribution is 6.33. The van der Waals surface area contributed by atoms with Gasteiger partial charge in [0.25, 0.3) is 5.91 Å². The lowest BCUT2D eigenvalue weighted by Gasteiger charge is -2.12. The van der Waals surface area contributed by atoms with Crippen molar-refractivity contribution in [2.75, 3.05) is 5.32 Å². The number of ether oxygens (including phenoxy) is 1. The van der Waals surface area contributed by atoms with Gasteiger partial charge >= 0.3 is 11.9 Å². The first-order valence-electron chi connectivity index (χ1n) is 6.96. The Morgan fingerprint density at radius 1 is 1.21 bits per heavy atom. The molecule has 0 aliphatic rings. The number of nitrogens with one attached hydrogen (secondary N) is 1. The molecule has 2 N–H and O–H groups in total. The first kappa shape index (κ1) is 19.6. The summed E-state index contributed by atoms with van der Waals surface area (Å²) in [5.41, 5.74) is -0.694. The van der Waals surface area contributed by atoms with Crippen LogP contribution in [0.5, 0.6) is 0 Å². The van der Waals surface area contributed by atoms with Gasteiger partial charge in [-0.15, -0.1) is 0 Å². The predicted octanol–water partition coefficient (Wildman–Crippen LogP) is 3.40. The number of anilines is 1. The third kappa shape index (κ3) is 4.79. The molecule has 0 spiro atoms. The Kier molecular flexibility index (Phi) is 6.48. The topological polar surface area (TPSA) is 92.7 Å². The van der Waals surface area contributed by atoms with Crippen LogP contribution in [0.25, 0.3) is 0 Å². The summed E-state index contributed by atoms with van der Waals surface area (Å²) in [7, 11) is 0.